The Hall–Kier alpha value is -1.33. The molecule has 0 saturated heterocycles. The van der Waals surface area contributed by atoms with Crippen LogP contribution in [0.1, 0.15) is 25.8 Å². The van der Waals surface area contributed by atoms with Crippen molar-refractivity contribution in [1.29, 1.82) is 0 Å². The van der Waals surface area contributed by atoms with Gasteiger partial charge in [-0.3, -0.25) is 0 Å². The van der Waals surface area contributed by atoms with E-state index in [1.165, 1.54) is 24.3 Å². The normalized spacial score (nSPS) is 17.7. The van der Waals surface area contributed by atoms with E-state index in [-0.39, 0.29) is 22.0 Å². The first-order chi connectivity index (χ1) is 7.72. The van der Waals surface area contributed by atoms with Gasteiger partial charge < -0.3 is 10.2 Å². The maximum Gasteiger partial charge on any atom is 0.203 e. The summed E-state index contributed by atoms with van der Waals surface area (Å²) in [7, 11) is -3.56. The Morgan fingerprint density at radius 1 is 1.29 bits per heavy atom. The Bertz CT molecular complexity index is 591. The number of phenolic OH excluding ortho intramolecular Hbond substituents is 1. The van der Waals surface area contributed by atoms with Crippen LogP contribution < -0.4 is 0 Å². The van der Waals surface area contributed by atoms with Crippen molar-refractivity contribution in [2.75, 3.05) is 0 Å². The fourth-order valence-electron chi connectivity index (χ4n) is 1.86. The molecule has 17 heavy (non-hydrogen) atoms. The number of phenols is 1. The summed E-state index contributed by atoms with van der Waals surface area (Å²) in [4.78, 5) is 0.248. The van der Waals surface area contributed by atoms with Crippen molar-refractivity contribution in [2.45, 2.75) is 30.8 Å². The average molecular weight is 254 g/mol. The van der Waals surface area contributed by atoms with Crippen molar-refractivity contribution in [3.05, 3.63) is 28.7 Å². The molecule has 0 spiro atoms. The van der Waals surface area contributed by atoms with Crippen LogP contribution >= 0.6 is 0 Å². The van der Waals surface area contributed by atoms with Gasteiger partial charge in [0, 0.05) is 12.0 Å². The van der Waals surface area contributed by atoms with Crippen molar-refractivity contribution < 1.29 is 18.6 Å². The predicted molar refractivity (Wildman–Crippen MR) is 64.2 cm³/mol. The quantitative estimate of drug-likeness (QED) is 0.842. The molecule has 0 atom stereocenters. The van der Waals surface area contributed by atoms with Gasteiger partial charge in [0.15, 0.2) is 0 Å². The Morgan fingerprint density at radius 2 is 1.94 bits per heavy atom. The van der Waals surface area contributed by atoms with Crippen molar-refractivity contribution >= 4 is 15.9 Å². The fraction of sp³-hybridized carbons (Fsp3) is 0.333. The Morgan fingerprint density at radius 3 is 2.47 bits per heavy atom. The highest BCUT2D eigenvalue weighted by atomic mass is 32.2. The van der Waals surface area contributed by atoms with Crippen LogP contribution in [0.5, 0.6) is 5.75 Å². The van der Waals surface area contributed by atoms with Crippen LogP contribution in [-0.2, 0) is 9.84 Å². The van der Waals surface area contributed by atoms with Gasteiger partial charge in [-0.05, 0) is 32.1 Å². The maximum atomic E-state index is 12.1. The first-order valence-corrected chi connectivity index (χ1v) is 6.70. The van der Waals surface area contributed by atoms with E-state index in [0.717, 1.165) is 0 Å². The number of aliphatic hydroxyl groups is 1. The van der Waals surface area contributed by atoms with Gasteiger partial charge in [0.2, 0.25) is 9.84 Å². The second-order valence-corrected chi connectivity index (χ2v) is 6.76. The number of benzene rings is 1. The highest BCUT2D eigenvalue weighted by molar-refractivity contribution is 7.95. The number of hydrogen-bond acceptors (Lipinski definition) is 4. The molecular weight excluding hydrogens is 240 g/mol. The highest BCUT2D eigenvalue weighted by Crippen LogP contribution is 2.40. The molecule has 0 fully saturated rings. The lowest BCUT2D eigenvalue weighted by atomic mass is 10.0. The maximum absolute atomic E-state index is 12.1. The number of hydrogen-bond donors (Lipinski definition) is 2. The molecule has 92 valence electrons. The minimum Gasteiger partial charge on any atom is -0.507 e. The molecule has 1 aromatic carbocycles. The summed E-state index contributed by atoms with van der Waals surface area (Å²) in [5.41, 5.74) is -0.789. The number of sulfone groups is 1. The van der Waals surface area contributed by atoms with E-state index in [2.05, 4.69) is 0 Å². The first-order valence-electron chi connectivity index (χ1n) is 5.22. The average Bonchev–Trinajstić information content (AvgIpc) is 2.39. The summed E-state index contributed by atoms with van der Waals surface area (Å²) in [5.74, 6) is -0.0585. The summed E-state index contributed by atoms with van der Waals surface area (Å²) in [6.45, 7) is 3.10. The summed E-state index contributed by atoms with van der Waals surface area (Å²) in [5, 5.41) is 19.3. The molecular formula is C12H14O4S. The van der Waals surface area contributed by atoms with Gasteiger partial charge in [-0.15, -0.1) is 0 Å². The Labute approximate surface area is 100 Å². The molecule has 0 amide bonds. The van der Waals surface area contributed by atoms with Gasteiger partial charge in [0.1, 0.15) is 5.75 Å². The van der Waals surface area contributed by atoms with E-state index in [0.29, 0.717) is 5.56 Å². The second kappa shape index (κ2) is 3.58. The zero-order chi connectivity index (χ0) is 12.8. The number of fused-ring (bicyclic) bond motifs is 1. The van der Waals surface area contributed by atoms with Crippen molar-refractivity contribution in [3.63, 3.8) is 0 Å². The molecule has 0 aliphatic carbocycles. The minimum absolute atomic E-state index is 0.0312. The fourth-order valence-corrected chi connectivity index (χ4v) is 3.67. The van der Waals surface area contributed by atoms with E-state index in [1.54, 1.807) is 13.8 Å². The molecule has 5 heteroatoms. The van der Waals surface area contributed by atoms with Crippen molar-refractivity contribution in [1.82, 2.24) is 0 Å². The molecule has 0 saturated carbocycles. The van der Waals surface area contributed by atoms with E-state index in [9.17, 15) is 18.6 Å². The standard InChI is InChI=1S/C12H14O4S/c1-12(2,14)7-8-6-9-10(13)4-3-5-11(9)17(8,15)16/h3-6,13-14H,7H2,1-2H3. The minimum atomic E-state index is -3.56. The number of rotatable bonds is 2. The van der Waals surface area contributed by atoms with Crippen LogP contribution in [0.2, 0.25) is 0 Å². The molecule has 1 aliphatic rings. The van der Waals surface area contributed by atoms with Gasteiger partial charge in [0.25, 0.3) is 0 Å². The Kier molecular flexibility index (Phi) is 2.56. The lowest BCUT2D eigenvalue weighted by Gasteiger charge is -2.17. The third-order valence-electron chi connectivity index (χ3n) is 2.59. The van der Waals surface area contributed by atoms with Crippen LogP contribution in [0.4, 0.5) is 0 Å². The van der Waals surface area contributed by atoms with Gasteiger partial charge in [-0.25, -0.2) is 8.42 Å². The third-order valence-corrected chi connectivity index (χ3v) is 4.48. The first kappa shape index (κ1) is 12.1. The topological polar surface area (TPSA) is 74.6 Å². The molecule has 0 radical (unpaired) electrons. The summed E-state index contributed by atoms with van der Waals surface area (Å²) < 4.78 is 24.2. The third kappa shape index (κ3) is 2.08. The molecule has 2 N–H and O–H groups in total. The molecule has 0 aromatic heterocycles. The Balaban J connectivity index is 2.55. The lowest BCUT2D eigenvalue weighted by Crippen LogP contribution is -2.21. The van der Waals surface area contributed by atoms with Crippen LogP contribution in [0.25, 0.3) is 6.08 Å². The molecule has 1 aromatic rings. The van der Waals surface area contributed by atoms with Crippen LogP contribution in [0.15, 0.2) is 28.0 Å². The second-order valence-electron chi connectivity index (χ2n) is 4.79. The van der Waals surface area contributed by atoms with Gasteiger partial charge in [-0.2, -0.15) is 0 Å². The number of aromatic hydroxyl groups is 1. The lowest BCUT2D eigenvalue weighted by molar-refractivity contribution is 0.0829. The van der Waals surface area contributed by atoms with Crippen molar-refractivity contribution in [3.8, 4) is 5.75 Å². The van der Waals surface area contributed by atoms with E-state index < -0.39 is 15.4 Å². The molecule has 0 bridgehead atoms. The molecule has 1 aliphatic heterocycles. The smallest absolute Gasteiger partial charge is 0.203 e. The van der Waals surface area contributed by atoms with Crippen LogP contribution in [-0.4, -0.2) is 24.2 Å². The van der Waals surface area contributed by atoms with Gasteiger partial charge in [0.05, 0.1) is 15.4 Å². The summed E-state index contributed by atoms with van der Waals surface area (Å²) in [6.07, 6.45) is 1.46. The zero-order valence-corrected chi connectivity index (χ0v) is 10.5. The van der Waals surface area contributed by atoms with E-state index in [1.807, 2.05) is 0 Å². The van der Waals surface area contributed by atoms with Crippen LogP contribution in [0, 0.1) is 0 Å². The summed E-state index contributed by atoms with van der Waals surface area (Å²) >= 11 is 0. The molecule has 4 nitrogen and oxygen atoms in total. The van der Waals surface area contributed by atoms with E-state index in [4.69, 9.17) is 0 Å². The monoisotopic (exact) mass is 254 g/mol. The van der Waals surface area contributed by atoms with Gasteiger partial charge >= 0.3 is 0 Å². The molecule has 1 heterocycles. The highest BCUT2D eigenvalue weighted by Gasteiger charge is 2.33. The van der Waals surface area contributed by atoms with Crippen LogP contribution in [0.3, 0.4) is 0 Å². The van der Waals surface area contributed by atoms with Crippen molar-refractivity contribution in [2.24, 2.45) is 0 Å². The molecule has 2 rings (SSSR count). The largest absolute Gasteiger partial charge is 0.507 e. The zero-order valence-electron chi connectivity index (χ0n) is 9.64. The van der Waals surface area contributed by atoms with Gasteiger partial charge in [-0.1, -0.05) is 6.07 Å². The summed E-state index contributed by atoms with van der Waals surface area (Å²) in [6, 6.07) is 4.39. The predicted octanol–water partition coefficient (Wildman–Crippen LogP) is 1.68. The molecule has 0 unspecified atom stereocenters. The van der Waals surface area contributed by atoms with E-state index >= 15 is 0 Å². The SMILES string of the molecule is CC(C)(O)CC1=Cc2c(O)cccc2S1(=O)=O.